The summed E-state index contributed by atoms with van der Waals surface area (Å²) in [4.78, 5) is 20.9. The number of hydrogen-bond donors (Lipinski definition) is 1. The molecule has 1 atom stereocenters. The van der Waals surface area contributed by atoms with Crippen LogP contribution in [0.1, 0.15) is 12.8 Å². The summed E-state index contributed by atoms with van der Waals surface area (Å²) in [5, 5.41) is 2.87. The summed E-state index contributed by atoms with van der Waals surface area (Å²) in [6, 6.07) is 8.96. The SMILES string of the molecule is COc1ccc(-c2nc3ncccc3o2)cc1NC(=O)[C@H]1CCCO1. The molecule has 1 aromatic carbocycles. The molecule has 0 unspecified atom stereocenters. The van der Waals surface area contributed by atoms with Crippen LogP contribution in [0.4, 0.5) is 5.69 Å². The molecule has 128 valence electrons. The van der Waals surface area contributed by atoms with Crippen molar-refractivity contribution in [2.75, 3.05) is 19.0 Å². The van der Waals surface area contributed by atoms with Crippen molar-refractivity contribution in [2.24, 2.45) is 0 Å². The molecule has 1 amide bonds. The lowest BCUT2D eigenvalue weighted by molar-refractivity contribution is -0.124. The lowest BCUT2D eigenvalue weighted by Gasteiger charge is -2.14. The van der Waals surface area contributed by atoms with Gasteiger partial charge in [0.2, 0.25) is 5.89 Å². The van der Waals surface area contributed by atoms with Crippen LogP contribution < -0.4 is 10.1 Å². The Bertz CT molecular complexity index is 883. The number of methoxy groups -OCH3 is 1. The van der Waals surface area contributed by atoms with Crippen molar-refractivity contribution in [3.05, 3.63) is 36.5 Å². The van der Waals surface area contributed by atoms with E-state index in [0.29, 0.717) is 35.2 Å². The van der Waals surface area contributed by atoms with Crippen molar-refractivity contribution in [2.45, 2.75) is 18.9 Å². The summed E-state index contributed by atoms with van der Waals surface area (Å²) < 4.78 is 16.5. The Morgan fingerprint density at radius 2 is 2.28 bits per heavy atom. The quantitative estimate of drug-likeness (QED) is 0.786. The van der Waals surface area contributed by atoms with E-state index >= 15 is 0 Å². The van der Waals surface area contributed by atoms with E-state index in [1.165, 1.54) is 0 Å². The molecule has 0 radical (unpaired) electrons. The number of rotatable bonds is 4. The molecule has 3 aromatic rings. The van der Waals surface area contributed by atoms with E-state index in [9.17, 15) is 4.79 Å². The largest absolute Gasteiger partial charge is 0.495 e. The summed E-state index contributed by atoms with van der Waals surface area (Å²) in [7, 11) is 1.56. The number of aromatic nitrogens is 2. The van der Waals surface area contributed by atoms with E-state index in [1.54, 1.807) is 31.5 Å². The Balaban J connectivity index is 1.66. The normalized spacial score (nSPS) is 16.9. The second-order valence-corrected chi connectivity index (χ2v) is 5.75. The standard InChI is InChI=1S/C18H17N3O4/c1-23-13-7-6-11(18-21-16-14(25-18)4-2-8-19-16)10-12(13)20-17(22)15-5-3-9-24-15/h2,4,6-8,10,15H,3,5,9H2,1H3,(H,20,22)/t15-/m1/s1. The Morgan fingerprint density at radius 1 is 1.36 bits per heavy atom. The molecule has 7 heteroatoms. The van der Waals surface area contributed by atoms with Gasteiger partial charge in [0.1, 0.15) is 11.9 Å². The molecule has 1 saturated heterocycles. The molecule has 1 fully saturated rings. The third-order valence-electron chi connectivity index (χ3n) is 4.09. The number of benzene rings is 1. The highest BCUT2D eigenvalue weighted by molar-refractivity contribution is 5.96. The summed E-state index contributed by atoms with van der Waals surface area (Å²) in [6.07, 6.45) is 2.87. The minimum absolute atomic E-state index is 0.174. The lowest BCUT2D eigenvalue weighted by atomic mass is 10.1. The van der Waals surface area contributed by atoms with Crippen LogP contribution in [-0.2, 0) is 9.53 Å². The van der Waals surface area contributed by atoms with Crippen molar-refractivity contribution >= 4 is 22.8 Å². The Morgan fingerprint density at radius 3 is 3.04 bits per heavy atom. The third kappa shape index (κ3) is 3.06. The van der Waals surface area contributed by atoms with Gasteiger partial charge in [-0.25, -0.2) is 4.98 Å². The van der Waals surface area contributed by atoms with E-state index in [2.05, 4.69) is 15.3 Å². The fourth-order valence-corrected chi connectivity index (χ4v) is 2.83. The first-order chi connectivity index (χ1) is 12.2. The average molecular weight is 339 g/mol. The molecule has 0 spiro atoms. The van der Waals surface area contributed by atoms with E-state index < -0.39 is 6.10 Å². The van der Waals surface area contributed by atoms with Gasteiger partial charge in [0.25, 0.3) is 5.91 Å². The van der Waals surface area contributed by atoms with Crippen molar-refractivity contribution in [1.82, 2.24) is 9.97 Å². The third-order valence-corrected chi connectivity index (χ3v) is 4.09. The van der Waals surface area contributed by atoms with Gasteiger partial charge in [0.15, 0.2) is 11.2 Å². The Kier molecular flexibility index (Phi) is 4.07. The lowest BCUT2D eigenvalue weighted by Crippen LogP contribution is -2.27. The maximum Gasteiger partial charge on any atom is 0.253 e. The number of carbonyl (C=O) groups excluding carboxylic acids is 1. The number of hydrogen-bond acceptors (Lipinski definition) is 6. The molecule has 4 rings (SSSR count). The van der Waals surface area contributed by atoms with E-state index in [-0.39, 0.29) is 5.91 Å². The van der Waals surface area contributed by atoms with Crippen molar-refractivity contribution in [1.29, 1.82) is 0 Å². The molecule has 1 aliphatic rings. The zero-order chi connectivity index (χ0) is 17.2. The summed E-state index contributed by atoms with van der Waals surface area (Å²) in [6.45, 7) is 0.616. The van der Waals surface area contributed by atoms with Crippen LogP contribution >= 0.6 is 0 Å². The van der Waals surface area contributed by atoms with Crippen LogP contribution in [0.15, 0.2) is 40.9 Å². The minimum Gasteiger partial charge on any atom is -0.495 e. The first-order valence-electron chi connectivity index (χ1n) is 8.07. The van der Waals surface area contributed by atoms with Gasteiger partial charge in [-0.05, 0) is 43.2 Å². The van der Waals surface area contributed by atoms with Crippen LogP contribution in [0.5, 0.6) is 5.75 Å². The predicted molar refractivity (Wildman–Crippen MR) is 91.4 cm³/mol. The zero-order valence-corrected chi connectivity index (χ0v) is 13.7. The number of fused-ring (bicyclic) bond motifs is 1. The molecule has 7 nitrogen and oxygen atoms in total. The van der Waals surface area contributed by atoms with Gasteiger partial charge >= 0.3 is 0 Å². The van der Waals surface area contributed by atoms with Crippen molar-refractivity contribution in [3.8, 4) is 17.2 Å². The molecule has 0 aliphatic carbocycles. The highest BCUT2D eigenvalue weighted by atomic mass is 16.5. The maximum absolute atomic E-state index is 12.3. The van der Waals surface area contributed by atoms with Gasteiger partial charge in [-0.3, -0.25) is 4.79 Å². The van der Waals surface area contributed by atoms with Gasteiger partial charge in [-0.15, -0.1) is 0 Å². The number of carbonyl (C=O) groups is 1. The molecule has 25 heavy (non-hydrogen) atoms. The van der Waals surface area contributed by atoms with E-state index in [1.807, 2.05) is 12.1 Å². The number of pyridine rings is 1. The fraction of sp³-hybridized carbons (Fsp3) is 0.278. The molecule has 0 saturated carbocycles. The Labute approximate surface area is 144 Å². The highest BCUT2D eigenvalue weighted by Crippen LogP contribution is 2.32. The van der Waals surface area contributed by atoms with Crippen LogP contribution in [0.2, 0.25) is 0 Å². The van der Waals surface area contributed by atoms with Gasteiger partial charge in [0.05, 0.1) is 12.8 Å². The molecule has 1 N–H and O–H groups in total. The monoisotopic (exact) mass is 339 g/mol. The number of oxazole rings is 1. The number of ether oxygens (including phenoxy) is 2. The van der Waals surface area contributed by atoms with Crippen molar-refractivity contribution in [3.63, 3.8) is 0 Å². The molecule has 2 aromatic heterocycles. The number of nitrogens with one attached hydrogen (secondary N) is 1. The minimum atomic E-state index is -0.415. The fourth-order valence-electron chi connectivity index (χ4n) is 2.83. The summed E-state index contributed by atoms with van der Waals surface area (Å²) in [5.74, 6) is 0.820. The van der Waals surface area contributed by atoms with E-state index in [0.717, 1.165) is 18.4 Å². The van der Waals surface area contributed by atoms with Crippen LogP contribution in [0, 0.1) is 0 Å². The average Bonchev–Trinajstić information content (AvgIpc) is 3.31. The van der Waals surface area contributed by atoms with Gasteiger partial charge in [0, 0.05) is 18.4 Å². The first-order valence-corrected chi connectivity index (χ1v) is 8.07. The molecule has 0 bridgehead atoms. The van der Waals surface area contributed by atoms with Crippen LogP contribution in [-0.4, -0.2) is 35.7 Å². The predicted octanol–water partition coefficient (Wildman–Crippen LogP) is 3.02. The van der Waals surface area contributed by atoms with E-state index in [4.69, 9.17) is 13.9 Å². The molecule has 3 heterocycles. The molecular formula is C18H17N3O4. The number of amides is 1. The van der Waals surface area contributed by atoms with Gasteiger partial charge in [-0.1, -0.05) is 0 Å². The summed E-state index contributed by atoms with van der Waals surface area (Å²) in [5.41, 5.74) is 2.42. The zero-order valence-electron chi connectivity index (χ0n) is 13.7. The summed E-state index contributed by atoms with van der Waals surface area (Å²) >= 11 is 0. The van der Waals surface area contributed by atoms with Gasteiger partial charge < -0.3 is 19.2 Å². The topological polar surface area (TPSA) is 86.5 Å². The molecule has 1 aliphatic heterocycles. The van der Waals surface area contributed by atoms with Crippen LogP contribution in [0.3, 0.4) is 0 Å². The second-order valence-electron chi connectivity index (χ2n) is 5.75. The first kappa shape index (κ1) is 15.6. The number of anilines is 1. The van der Waals surface area contributed by atoms with Gasteiger partial charge in [-0.2, -0.15) is 4.98 Å². The van der Waals surface area contributed by atoms with Crippen LogP contribution in [0.25, 0.3) is 22.7 Å². The van der Waals surface area contributed by atoms with Crippen molar-refractivity contribution < 1.29 is 18.7 Å². The highest BCUT2D eigenvalue weighted by Gasteiger charge is 2.24. The smallest absolute Gasteiger partial charge is 0.253 e. The maximum atomic E-state index is 12.3. The second kappa shape index (κ2) is 6.52. The Hall–Kier alpha value is -2.93. The number of nitrogens with zero attached hydrogens (tertiary/aromatic N) is 2. The molecular weight excluding hydrogens is 322 g/mol.